The van der Waals surface area contributed by atoms with Gasteiger partial charge in [-0.2, -0.15) is 0 Å². The molecule has 3 rings (SSSR count). The Morgan fingerprint density at radius 3 is 1.53 bits per heavy atom. The number of hydrogen-bond donors (Lipinski definition) is 0. The van der Waals surface area contributed by atoms with Gasteiger partial charge in [-0.25, -0.2) is 0 Å². The van der Waals surface area contributed by atoms with E-state index in [1.54, 1.807) is 0 Å². The van der Waals surface area contributed by atoms with Gasteiger partial charge in [0, 0.05) is 11.8 Å². The third kappa shape index (κ3) is 1.23. The predicted octanol–water partition coefficient (Wildman–Crippen LogP) is 5.44. The third-order valence-corrected chi connectivity index (χ3v) is 5.00. The highest BCUT2D eigenvalue weighted by Crippen LogP contribution is 2.57. The van der Waals surface area contributed by atoms with Gasteiger partial charge in [0.15, 0.2) is 0 Å². The van der Waals surface area contributed by atoms with Gasteiger partial charge in [0.05, 0.1) is 20.1 Å². The fourth-order valence-corrected chi connectivity index (χ4v) is 3.68. The highest BCUT2D eigenvalue weighted by Gasteiger charge is 2.38. The maximum Gasteiger partial charge on any atom is 0.0796 e. The van der Waals surface area contributed by atoms with Crippen LogP contribution in [0.3, 0.4) is 0 Å². The quantitative estimate of drug-likeness (QED) is 0.337. The van der Waals surface area contributed by atoms with E-state index in [0.29, 0.717) is 31.9 Å². The highest BCUT2D eigenvalue weighted by molar-refractivity contribution is 6.52. The highest BCUT2D eigenvalue weighted by atomic mass is 35.5. The van der Waals surface area contributed by atoms with Crippen LogP contribution in [0.1, 0.15) is 29.4 Å². The zero-order valence-corrected chi connectivity index (χ0v) is 10.6. The molecule has 0 radical (unpaired) electrons. The third-order valence-electron chi connectivity index (χ3n) is 3.17. The van der Waals surface area contributed by atoms with Gasteiger partial charge in [0.25, 0.3) is 0 Å². The summed E-state index contributed by atoms with van der Waals surface area (Å²) in [4.78, 5) is 0. The molecule has 0 N–H and O–H groups in total. The summed E-state index contributed by atoms with van der Waals surface area (Å²) in [6.45, 7) is 0. The average molecular weight is 280 g/mol. The first-order valence-corrected chi connectivity index (χ1v) is 6.16. The second-order valence-corrected chi connectivity index (χ2v) is 5.43. The monoisotopic (exact) mass is 278 g/mol. The molecule has 1 aromatic rings. The second kappa shape index (κ2) is 3.30. The number of hydrogen-bond acceptors (Lipinski definition) is 0. The van der Waals surface area contributed by atoms with Gasteiger partial charge in [0.2, 0.25) is 0 Å². The Hall–Kier alpha value is 0.120. The molecule has 2 aliphatic rings. The molecule has 0 spiro atoms. The lowest BCUT2D eigenvalue weighted by atomic mass is 9.97. The van der Waals surface area contributed by atoms with Gasteiger partial charge in [-0.1, -0.05) is 58.6 Å². The number of rotatable bonds is 0. The summed E-state index contributed by atoms with van der Waals surface area (Å²) in [6, 6.07) is 0. The average Bonchev–Trinajstić information content (AvgIpc) is 2.82. The number of halogens is 4. The molecule has 0 aromatic heterocycles. The van der Waals surface area contributed by atoms with E-state index in [4.69, 9.17) is 46.4 Å². The second-order valence-electron chi connectivity index (χ2n) is 3.92. The number of fused-ring (bicyclic) bond motifs is 5. The fourth-order valence-electron chi connectivity index (χ4n) is 2.52. The Kier molecular flexibility index (Phi) is 2.27. The maximum atomic E-state index is 6.20. The Bertz CT molecular complexity index is 447. The molecule has 0 amide bonds. The van der Waals surface area contributed by atoms with Crippen molar-refractivity contribution in [1.82, 2.24) is 0 Å². The van der Waals surface area contributed by atoms with E-state index < -0.39 is 0 Å². The summed E-state index contributed by atoms with van der Waals surface area (Å²) >= 11 is 24.5. The van der Waals surface area contributed by atoms with E-state index in [1.807, 2.05) is 0 Å². The Balaban J connectivity index is 2.38. The van der Waals surface area contributed by atoms with E-state index in [0.717, 1.165) is 17.5 Å². The van der Waals surface area contributed by atoms with Crippen LogP contribution in [0.4, 0.5) is 0 Å². The molecule has 2 bridgehead atoms. The lowest BCUT2D eigenvalue weighted by molar-refractivity contribution is 0.805. The molecule has 0 heterocycles. The van der Waals surface area contributed by atoms with E-state index in [1.165, 1.54) is 0 Å². The zero-order valence-electron chi connectivity index (χ0n) is 7.53. The normalized spacial score (nSPS) is 26.1. The van der Waals surface area contributed by atoms with Crippen molar-refractivity contribution < 1.29 is 0 Å². The van der Waals surface area contributed by atoms with Gasteiger partial charge >= 0.3 is 0 Å². The van der Waals surface area contributed by atoms with Gasteiger partial charge in [-0.15, -0.1) is 0 Å². The van der Waals surface area contributed by atoms with E-state index in [-0.39, 0.29) is 0 Å². The van der Waals surface area contributed by atoms with Gasteiger partial charge in [0.1, 0.15) is 0 Å². The SMILES string of the molecule is Clc1c(Cl)c(Cl)c2c(c1Cl)C1C=CC2C1. The summed E-state index contributed by atoms with van der Waals surface area (Å²) < 4.78 is 0. The molecule has 2 aliphatic carbocycles. The Morgan fingerprint density at radius 2 is 1.13 bits per heavy atom. The Morgan fingerprint density at radius 1 is 0.733 bits per heavy atom. The van der Waals surface area contributed by atoms with E-state index >= 15 is 0 Å². The van der Waals surface area contributed by atoms with Crippen LogP contribution >= 0.6 is 46.4 Å². The van der Waals surface area contributed by atoms with Crippen molar-refractivity contribution in [2.75, 3.05) is 0 Å². The van der Waals surface area contributed by atoms with E-state index in [2.05, 4.69) is 12.2 Å². The van der Waals surface area contributed by atoms with Crippen molar-refractivity contribution in [2.45, 2.75) is 18.3 Å². The fraction of sp³-hybridized carbons (Fsp3) is 0.273. The minimum Gasteiger partial charge on any atom is -0.0823 e. The topological polar surface area (TPSA) is 0 Å². The van der Waals surface area contributed by atoms with Crippen molar-refractivity contribution in [3.8, 4) is 0 Å². The molecule has 0 saturated carbocycles. The number of benzene rings is 1. The van der Waals surface area contributed by atoms with Gasteiger partial charge < -0.3 is 0 Å². The summed E-state index contributed by atoms with van der Waals surface area (Å²) in [6.07, 6.45) is 5.38. The Labute approximate surface area is 108 Å². The molecule has 2 unspecified atom stereocenters. The van der Waals surface area contributed by atoms with Crippen molar-refractivity contribution in [2.24, 2.45) is 0 Å². The molecule has 0 aliphatic heterocycles. The minimum atomic E-state index is 0.366. The van der Waals surface area contributed by atoms with Crippen LogP contribution in [-0.2, 0) is 0 Å². The van der Waals surface area contributed by atoms with Crippen LogP contribution in [-0.4, -0.2) is 0 Å². The van der Waals surface area contributed by atoms with Crippen LogP contribution in [0.5, 0.6) is 0 Å². The smallest absolute Gasteiger partial charge is 0.0796 e. The van der Waals surface area contributed by atoms with Crippen LogP contribution in [0, 0.1) is 0 Å². The van der Waals surface area contributed by atoms with Crippen molar-refractivity contribution in [3.63, 3.8) is 0 Å². The molecule has 1 aromatic carbocycles. The molecule has 0 fully saturated rings. The molecular weight excluding hydrogens is 274 g/mol. The summed E-state index contributed by atoms with van der Waals surface area (Å²) in [5.41, 5.74) is 2.15. The van der Waals surface area contributed by atoms with Crippen LogP contribution < -0.4 is 0 Å². The predicted molar refractivity (Wildman–Crippen MR) is 65.7 cm³/mol. The summed E-state index contributed by atoms with van der Waals surface area (Å²) in [5, 5.41) is 1.89. The standard InChI is InChI=1S/C11H6Cl4/c12-8-6-4-1-2-5(3-4)7(6)9(13)11(15)10(8)14/h1-2,4-5H,3H2. The largest absolute Gasteiger partial charge is 0.0823 e. The van der Waals surface area contributed by atoms with Crippen LogP contribution in [0.25, 0.3) is 0 Å². The van der Waals surface area contributed by atoms with Gasteiger partial charge in [-0.3, -0.25) is 0 Å². The number of allylic oxidation sites excluding steroid dienone is 2. The van der Waals surface area contributed by atoms with Crippen LogP contribution in [0.15, 0.2) is 12.2 Å². The first-order chi connectivity index (χ1) is 7.11. The first kappa shape index (κ1) is 10.3. The maximum absolute atomic E-state index is 6.20. The molecule has 15 heavy (non-hydrogen) atoms. The summed E-state index contributed by atoms with van der Waals surface area (Å²) in [5.74, 6) is 0.731. The molecular formula is C11H6Cl4. The van der Waals surface area contributed by atoms with Crippen LogP contribution in [0.2, 0.25) is 20.1 Å². The molecule has 0 saturated heterocycles. The summed E-state index contributed by atoms with van der Waals surface area (Å²) in [7, 11) is 0. The van der Waals surface area contributed by atoms with Crippen molar-refractivity contribution in [3.05, 3.63) is 43.4 Å². The zero-order chi connectivity index (χ0) is 10.7. The van der Waals surface area contributed by atoms with Crippen molar-refractivity contribution >= 4 is 46.4 Å². The van der Waals surface area contributed by atoms with Gasteiger partial charge in [-0.05, 0) is 17.5 Å². The minimum absolute atomic E-state index is 0.366. The molecule has 78 valence electrons. The molecule has 4 heteroatoms. The molecule has 2 atom stereocenters. The lowest BCUT2D eigenvalue weighted by Gasteiger charge is -2.16. The van der Waals surface area contributed by atoms with E-state index in [9.17, 15) is 0 Å². The van der Waals surface area contributed by atoms with Crippen molar-refractivity contribution in [1.29, 1.82) is 0 Å². The molecule has 0 nitrogen and oxygen atoms in total. The first-order valence-electron chi connectivity index (χ1n) is 4.65. The lowest BCUT2D eigenvalue weighted by Crippen LogP contribution is -1.97.